The Labute approximate surface area is 280 Å². The van der Waals surface area contributed by atoms with Crippen molar-refractivity contribution in [1.82, 2.24) is 4.57 Å². The predicted octanol–water partition coefficient (Wildman–Crippen LogP) is 4.20. The van der Waals surface area contributed by atoms with Crippen molar-refractivity contribution in [3.63, 3.8) is 0 Å². The van der Waals surface area contributed by atoms with Gasteiger partial charge in [0.2, 0.25) is 0 Å². The number of rotatable bonds is 12. The molecule has 0 radical (unpaired) electrons. The van der Waals surface area contributed by atoms with E-state index in [1.807, 2.05) is 36.4 Å². The number of fused-ring (bicyclic) bond motifs is 1. The first-order valence-electron chi connectivity index (χ1n) is 15.1. The maximum atomic E-state index is 14.1. The molecule has 0 spiro atoms. The highest BCUT2D eigenvalue weighted by Crippen LogP contribution is 2.36. The number of ether oxygens (including phenoxy) is 5. The van der Waals surface area contributed by atoms with Crippen LogP contribution in [0.2, 0.25) is 0 Å². The molecular weight excluding hydrogens is 634 g/mol. The van der Waals surface area contributed by atoms with Crippen LogP contribution in [0.15, 0.2) is 87.8 Å². The monoisotopic (exact) mass is 667 g/mol. The second kappa shape index (κ2) is 15.3. The lowest BCUT2D eigenvalue weighted by molar-refractivity contribution is -0.143. The summed E-state index contributed by atoms with van der Waals surface area (Å²) in [6.07, 6.45) is 1.76. The van der Waals surface area contributed by atoms with Crippen LogP contribution in [0.3, 0.4) is 0 Å². The molecule has 246 valence electrons. The van der Waals surface area contributed by atoms with Gasteiger partial charge in [-0.3, -0.25) is 9.36 Å². The molecule has 0 unspecified atom stereocenters. The summed E-state index contributed by atoms with van der Waals surface area (Å²) in [5.41, 5.74) is 3.09. The SMILES string of the molecule is CCOC(=O)C1=C(C)N=c2s/c(=C/c3cccc(OCc4ccc(C#N)cc4)c3)c(=O)n2[C@@H]1c1ccc(OCC(=O)OC)c(OCC)c1. The number of carbonyl (C=O) groups is 2. The molecule has 1 aromatic heterocycles. The molecule has 11 nitrogen and oxygen atoms in total. The van der Waals surface area contributed by atoms with Gasteiger partial charge in [0.1, 0.15) is 12.4 Å². The normalized spacial score (nSPS) is 14.0. The highest BCUT2D eigenvalue weighted by Gasteiger charge is 2.34. The molecule has 48 heavy (non-hydrogen) atoms. The molecule has 0 saturated carbocycles. The molecular formula is C36H33N3O8S. The van der Waals surface area contributed by atoms with Gasteiger partial charge in [0, 0.05) is 0 Å². The number of hydrogen-bond acceptors (Lipinski definition) is 11. The lowest BCUT2D eigenvalue weighted by Crippen LogP contribution is -2.40. The third-order valence-electron chi connectivity index (χ3n) is 7.32. The van der Waals surface area contributed by atoms with E-state index in [0.29, 0.717) is 56.6 Å². The minimum Gasteiger partial charge on any atom is -0.490 e. The van der Waals surface area contributed by atoms with Crippen LogP contribution < -0.4 is 29.1 Å². The van der Waals surface area contributed by atoms with Crippen LogP contribution in [0.5, 0.6) is 17.2 Å². The van der Waals surface area contributed by atoms with E-state index in [4.69, 9.17) is 24.2 Å². The fourth-order valence-electron chi connectivity index (χ4n) is 5.07. The van der Waals surface area contributed by atoms with Gasteiger partial charge in [-0.15, -0.1) is 0 Å². The summed E-state index contributed by atoms with van der Waals surface area (Å²) in [6.45, 7) is 5.66. The van der Waals surface area contributed by atoms with Crippen molar-refractivity contribution in [2.75, 3.05) is 26.9 Å². The zero-order valence-corrected chi connectivity index (χ0v) is 27.7. The molecule has 1 aliphatic heterocycles. The lowest BCUT2D eigenvalue weighted by atomic mass is 9.95. The molecule has 2 heterocycles. The van der Waals surface area contributed by atoms with E-state index in [-0.39, 0.29) is 24.3 Å². The van der Waals surface area contributed by atoms with E-state index in [9.17, 15) is 14.4 Å². The first kappa shape index (κ1) is 33.7. The molecule has 0 saturated heterocycles. The summed E-state index contributed by atoms with van der Waals surface area (Å²) in [5, 5.41) is 9.03. The fraction of sp³-hybridized carbons (Fsp3) is 0.250. The molecule has 4 aromatic rings. The van der Waals surface area contributed by atoms with Crippen LogP contribution in [0.1, 0.15) is 49.1 Å². The number of allylic oxidation sites excluding steroid dienone is 1. The Morgan fingerprint density at radius 2 is 1.79 bits per heavy atom. The molecule has 0 fully saturated rings. The molecule has 3 aromatic carbocycles. The summed E-state index contributed by atoms with van der Waals surface area (Å²) in [5.74, 6) is 0.0984. The van der Waals surface area contributed by atoms with Crippen molar-refractivity contribution in [1.29, 1.82) is 5.26 Å². The second-order valence-electron chi connectivity index (χ2n) is 10.5. The Kier molecular flexibility index (Phi) is 10.7. The first-order chi connectivity index (χ1) is 23.3. The molecule has 5 rings (SSSR count). The number of carbonyl (C=O) groups excluding carboxylic acids is 2. The van der Waals surface area contributed by atoms with E-state index in [1.165, 1.54) is 23.0 Å². The zero-order chi connectivity index (χ0) is 34.2. The van der Waals surface area contributed by atoms with Gasteiger partial charge in [0.25, 0.3) is 5.56 Å². The maximum absolute atomic E-state index is 14.1. The number of aromatic nitrogens is 1. The number of thiazole rings is 1. The summed E-state index contributed by atoms with van der Waals surface area (Å²) in [7, 11) is 1.27. The number of benzene rings is 3. The summed E-state index contributed by atoms with van der Waals surface area (Å²) >= 11 is 1.20. The Balaban J connectivity index is 1.54. The van der Waals surface area contributed by atoms with Gasteiger partial charge < -0.3 is 23.7 Å². The van der Waals surface area contributed by atoms with Crippen molar-refractivity contribution in [3.8, 4) is 23.3 Å². The van der Waals surface area contributed by atoms with Gasteiger partial charge in [-0.1, -0.05) is 41.7 Å². The third-order valence-corrected chi connectivity index (χ3v) is 8.30. The molecule has 0 N–H and O–H groups in total. The van der Waals surface area contributed by atoms with Crippen LogP contribution in [0.4, 0.5) is 0 Å². The van der Waals surface area contributed by atoms with E-state index in [1.54, 1.807) is 57.2 Å². The first-order valence-corrected chi connectivity index (χ1v) is 16.0. The molecule has 1 aliphatic rings. The Morgan fingerprint density at radius 3 is 2.50 bits per heavy atom. The van der Waals surface area contributed by atoms with Crippen molar-refractivity contribution in [3.05, 3.63) is 120 Å². The second-order valence-corrected chi connectivity index (χ2v) is 11.5. The van der Waals surface area contributed by atoms with Crippen LogP contribution in [0.25, 0.3) is 6.08 Å². The lowest BCUT2D eigenvalue weighted by Gasteiger charge is -2.25. The van der Waals surface area contributed by atoms with Crippen LogP contribution in [-0.2, 0) is 25.7 Å². The van der Waals surface area contributed by atoms with Gasteiger partial charge in [-0.2, -0.15) is 5.26 Å². The average molecular weight is 668 g/mol. The van der Waals surface area contributed by atoms with Crippen molar-refractivity contribution < 1.29 is 33.3 Å². The topological polar surface area (TPSA) is 138 Å². The van der Waals surface area contributed by atoms with Gasteiger partial charge in [-0.25, -0.2) is 14.6 Å². The predicted molar refractivity (Wildman–Crippen MR) is 177 cm³/mol. The fourth-order valence-corrected chi connectivity index (χ4v) is 6.12. The highest BCUT2D eigenvalue weighted by atomic mass is 32.1. The standard InChI is InChI=1S/C36H33N3O8S/c1-5-44-29-18-26(14-15-28(29)47-21-31(40)43-4)33-32(35(42)45-6-2)22(3)38-36-39(33)34(41)30(48-36)17-25-8-7-9-27(16-25)46-20-24-12-10-23(19-37)11-13-24/h7-18,33H,5-6,20-21H2,1-4H3/b30-17+/t33-/m1/s1. The zero-order valence-electron chi connectivity index (χ0n) is 26.8. The summed E-state index contributed by atoms with van der Waals surface area (Å²) in [4.78, 5) is 44.2. The van der Waals surface area contributed by atoms with Gasteiger partial charge >= 0.3 is 11.9 Å². The van der Waals surface area contributed by atoms with Gasteiger partial charge in [0.05, 0.1) is 53.8 Å². The molecule has 0 bridgehead atoms. The van der Waals surface area contributed by atoms with Crippen LogP contribution in [0, 0.1) is 11.3 Å². The molecule has 1 atom stereocenters. The van der Waals surface area contributed by atoms with E-state index >= 15 is 0 Å². The van der Waals surface area contributed by atoms with Crippen molar-refractivity contribution in [2.45, 2.75) is 33.4 Å². The number of esters is 2. The number of nitriles is 1. The van der Waals surface area contributed by atoms with E-state index in [0.717, 1.165) is 11.1 Å². The molecule has 0 aliphatic carbocycles. The minimum absolute atomic E-state index is 0.140. The van der Waals surface area contributed by atoms with Crippen molar-refractivity contribution in [2.24, 2.45) is 4.99 Å². The van der Waals surface area contributed by atoms with Gasteiger partial charge in [0.15, 0.2) is 22.9 Å². The average Bonchev–Trinajstić information content (AvgIpc) is 3.39. The smallest absolute Gasteiger partial charge is 0.343 e. The minimum atomic E-state index is -0.876. The number of methoxy groups -OCH3 is 1. The molecule has 0 amide bonds. The van der Waals surface area contributed by atoms with Crippen LogP contribution >= 0.6 is 11.3 Å². The van der Waals surface area contributed by atoms with Crippen molar-refractivity contribution >= 4 is 29.4 Å². The largest absolute Gasteiger partial charge is 0.490 e. The Morgan fingerprint density at radius 1 is 1.00 bits per heavy atom. The maximum Gasteiger partial charge on any atom is 0.343 e. The highest BCUT2D eigenvalue weighted by molar-refractivity contribution is 7.07. The van der Waals surface area contributed by atoms with E-state index in [2.05, 4.69) is 15.8 Å². The third kappa shape index (κ3) is 7.48. The quantitative estimate of drug-likeness (QED) is 0.204. The Hall–Kier alpha value is -5.67. The number of hydrogen-bond donors (Lipinski definition) is 0. The Bertz CT molecular complexity index is 2090. The van der Waals surface area contributed by atoms with Crippen LogP contribution in [-0.4, -0.2) is 43.4 Å². The summed E-state index contributed by atoms with van der Waals surface area (Å²) < 4.78 is 29.4. The summed E-state index contributed by atoms with van der Waals surface area (Å²) in [6, 6.07) is 20.8. The molecule has 12 heteroatoms. The van der Waals surface area contributed by atoms with Gasteiger partial charge in [-0.05, 0) is 79.9 Å². The number of nitrogens with zero attached hydrogens (tertiary/aromatic N) is 3. The van der Waals surface area contributed by atoms with E-state index < -0.39 is 18.0 Å².